The molecule has 1 aliphatic carbocycles. The molecule has 2 aromatic rings. The number of aromatic nitrogens is 3. The van der Waals surface area contributed by atoms with Crippen LogP contribution in [0, 0.1) is 0 Å². The average molecular weight is 449 g/mol. The van der Waals surface area contributed by atoms with Crippen molar-refractivity contribution in [2.24, 2.45) is 7.05 Å². The topological polar surface area (TPSA) is 64.8 Å². The second-order valence-electron chi connectivity index (χ2n) is 7.35. The van der Waals surface area contributed by atoms with Gasteiger partial charge in [-0.15, -0.1) is 0 Å². The van der Waals surface area contributed by atoms with Crippen LogP contribution in [0.2, 0.25) is 0 Å². The molecule has 11 heteroatoms. The molecule has 3 rings (SSSR count). The Hall–Kier alpha value is -2.30. The maximum absolute atomic E-state index is 14.0. The lowest BCUT2D eigenvalue weighted by Gasteiger charge is -2.21. The summed E-state index contributed by atoms with van der Waals surface area (Å²) in [6.45, 7) is 1.56. The van der Waals surface area contributed by atoms with Gasteiger partial charge in [-0.3, -0.25) is 4.98 Å². The SMILES string of the molecule is CCS(=O)(=O)c1cc(C2CC2)cnc1-c1ncc(/C=C(\F)C(C)(F)C(F)(F)F)n1C. The van der Waals surface area contributed by atoms with Crippen LogP contribution in [0.15, 0.2) is 29.2 Å². The maximum atomic E-state index is 14.0. The summed E-state index contributed by atoms with van der Waals surface area (Å²) < 4.78 is 92.5. The molecule has 30 heavy (non-hydrogen) atoms. The molecule has 5 nitrogen and oxygen atoms in total. The summed E-state index contributed by atoms with van der Waals surface area (Å²) in [5, 5.41) is 0. The van der Waals surface area contributed by atoms with Crippen molar-refractivity contribution in [2.45, 2.75) is 49.3 Å². The minimum Gasteiger partial charge on any atom is -0.326 e. The number of rotatable bonds is 6. The third kappa shape index (κ3) is 3.99. The van der Waals surface area contributed by atoms with E-state index in [0.717, 1.165) is 24.6 Å². The largest absolute Gasteiger partial charge is 0.428 e. The van der Waals surface area contributed by atoms with Crippen LogP contribution in [0.4, 0.5) is 22.0 Å². The van der Waals surface area contributed by atoms with Crippen LogP contribution in [0.3, 0.4) is 0 Å². The zero-order chi connectivity index (χ0) is 22.5. The van der Waals surface area contributed by atoms with E-state index in [2.05, 4.69) is 9.97 Å². The Labute approximate surface area is 170 Å². The summed E-state index contributed by atoms with van der Waals surface area (Å²) in [6.07, 6.45) is -0.613. The van der Waals surface area contributed by atoms with Crippen molar-refractivity contribution in [3.05, 3.63) is 35.5 Å². The van der Waals surface area contributed by atoms with E-state index >= 15 is 0 Å². The molecule has 0 saturated heterocycles. The molecule has 0 radical (unpaired) electrons. The molecule has 0 amide bonds. The molecule has 1 atom stereocenters. The molecule has 1 unspecified atom stereocenters. The fourth-order valence-electron chi connectivity index (χ4n) is 2.84. The fraction of sp³-hybridized carbons (Fsp3) is 0.474. The number of alkyl halides is 4. The number of hydrogen-bond donors (Lipinski definition) is 0. The van der Waals surface area contributed by atoms with Crippen LogP contribution in [-0.4, -0.2) is 40.6 Å². The second kappa shape index (κ2) is 7.44. The van der Waals surface area contributed by atoms with E-state index in [1.54, 1.807) is 0 Å². The van der Waals surface area contributed by atoms with Gasteiger partial charge in [0.05, 0.1) is 22.5 Å². The van der Waals surface area contributed by atoms with Crippen molar-refractivity contribution in [3.8, 4) is 11.5 Å². The van der Waals surface area contributed by atoms with Gasteiger partial charge in [0.15, 0.2) is 15.7 Å². The molecule has 0 aliphatic heterocycles. The molecule has 1 fully saturated rings. The first-order chi connectivity index (χ1) is 13.8. The number of pyridine rings is 1. The van der Waals surface area contributed by atoms with Crippen LogP contribution < -0.4 is 0 Å². The number of halogens is 5. The van der Waals surface area contributed by atoms with Gasteiger partial charge in [0.25, 0.3) is 5.67 Å². The van der Waals surface area contributed by atoms with E-state index < -0.39 is 27.5 Å². The monoisotopic (exact) mass is 449 g/mol. The molecule has 1 aliphatic rings. The lowest BCUT2D eigenvalue weighted by atomic mass is 10.1. The standard InChI is InChI=1S/C19H20F5N3O2S/c1-4-30(28,29)14-7-12(11-5-6-11)9-25-16(14)17-26-10-13(27(17)3)8-15(20)18(2,21)19(22,23)24/h7-11H,4-6H2,1-3H3/b15-8-. The fourth-order valence-corrected chi connectivity index (χ4v) is 3.90. The first kappa shape index (κ1) is 22.4. The van der Waals surface area contributed by atoms with E-state index in [1.165, 1.54) is 30.8 Å². The predicted molar refractivity (Wildman–Crippen MR) is 101 cm³/mol. The van der Waals surface area contributed by atoms with Crippen molar-refractivity contribution in [1.82, 2.24) is 14.5 Å². The molecule has 0 aromatic carbocycles. The van der Waals surface area contributed by atoms with Gasteiger partial charge >= 0.3 is 6.18 Å². The first-order valence-electron chi connectivity index (χ1n) is 9.17. The van der Waals surface area contributed by atoms with E-state index in [0.29, 0.717) is 6.08 Å². The molecule has 0 bridgehead atoms. The molecule has 0 N–H and O–H groups in total. The quantitative estimate of drug-likeness (QED) is 0.597. The van der Waals surface area contributed by atoms with Gasteiger partial charge in [0.1, 0.15) is 11.5 Å². The highest BCUT2D eigenvalue weighted by atomic mass is 32.2. The Morgan fingerprint density at radius 3 is 2.40 bits per heavy atom. The number of allylic oxidation sites excluding steroid dienone is 1. The van der Waals surface area contributed by atoms with Crippen molar-refractivity contribution < 1.29 is 30.4 Å². The lowest BCUT2D eigenvalue weighted by molar-refractivity contribution is -0.214. The zero-order valence-corrected chi connectivity index (χ0v) is 17.3. The number of hydrogen-bond acceptors (Lipinski definition) is 4. The van der Waals surface area contributed by atoms with E-state index in [-0.39, 0.29) is 40.7 Å². The van der Waals surface area contributed by atoms with E-state index in [9.17, 15) is 30.4 Å². The summed E-state index contributed by atoms with van der Waals surface area (Å²) in [7, 11) is -2.34. The molecule has 164 valence electrons. The Balaban J connectivity index is 2.09. The first-order valence-corrected chi connectivity index (χ1v) is 10.8. The number of sulfone groups is 1. The minimum absolute atomic E-state index is 0.00244. The molecule has 2 aromatic heterocycles. The van der Waals surface area contributed by atoms with Crippen LogP contribution in [0.1, 0.15) is 43.9 Å². The summed E-state index contributed by atoms with van der Waals surface area (Å²) in [5.74, 6) is -1.97. The highest BCUT2D eigenvalue weighted by Gasteiger charge is 2.55. The van der Waals surface area contributed by atoms with Gasteiger partial charge < -0.3 is 4.57 Å². The van der Waals surface area contributed by atoms with E-state index in [4.69, 9.17) is 0 Å². The summed E-state index contributed by atoms with van der Waals surface area (Å²) in [4.78, 5) is 8.19. The van der Waals surface area contributed by atoms with Gasteiger partial charge in [-0.25, -0.2) is 22.2 Å². The molecule has 1 saturated carbocycles. The van der Waals surface area contributed by atoms with Crippen LogP contribution in [-0.2, 0) is 16.9 Å². The van der Waals surface area contributed by atoms with Gasteiger partial charge in [0, 0.05) is 13.2 Å². The average Bonchev–Trinajstić information content (AvgIpc) is 3.45. The maximum Gasteiger partial charge on any atom is 0.428 e. The van der Waals surface area contributed by atoms with Crippen molar-refractivity contribution in [2.75, 3.05) is 5.75 Å². The summed E-state index contributed by atoms with van der Waals surface area (Å²) in [6, 6.07) is 1.53. The summed E-state index contributed by atoms with van der Waals surface area (Å²) in [5.41, 5.74) is -3.56. The van der Waals surface area contributed by atoms with E-state index in [1.807, 2.05) is 0 Å². The number of imidazole rings is 1. The van der Waals surface area contributed by atoms with Crippen LogP contribution in [0.5, 0.6) is 0 Å². The predicted octanol–water partition coefficient (Wildman–Crippen LogP) is 4.75. The molecular formula is C19H20F5N3O2S. The molecular weight excluding hydrogens is 429 g/mol. The Bertz CT molecular complexity index is 1100. The highest BCUT2D eigenvalue weighted by Crippen LogP contribution is 2.42. The van der Waals surface area contributed by atoms with Crippen LogP contribution in [0.25, 0.3) is 17.6 Å². The normalized spacial score (nSPS) is 17.8. The Morgan fingerprint density at radius 2 is 1.87 bits per heavy atom. The molecule has 0 spiro atoms. The highest BCUT2D eigenvalue weighted by molar-refractivity contribution is 7.91. The van der Waals surface area contributed by atoms with Gasteiger partial charge in [-0.05, 0) is 43.4 Å². The number of nitrogens with zero attached hydrogens (tertiary/aromatic N) is 3. The van der Waals surface area contributed by atoms with Gasteiger partial charge in [-0.2, -0.15) is 13.2 Å². The van der Waals surface area contributed by atoms with Crippen molar-refractivity contribution in [3.63, 3.8) is 0 Å². The van der Waals surface area contributed by atoms with Crippen molar-refractivity contribution in [1.29, 1.82) is 0 Å². The van der Waals surface area contributed by atoms with Crippen molar-refractivity contribution >= 4 is 15.9 Å². The smallest absolute Gasteiger partial charge is 0.326 e. The van der Waals surface area contributed by atoms with Crippen LogP contribution >= 0.6 is 0 Å². The lowest BCUT2D eigenvalue weighted by Crippen LogP contribution is -2.38. The second-order valence-corrected chi connectivity index (χ2v) is 9.60. The minimum atomic E-state index is -5.43. The molecule has 2 heterocycles. The third-order valence-electron chi connectivity index (χ3n) is 5.13. The Kier molecular flexibility index (Phi) is 5.55. The summed E-state index contributed by atoms with van der Waals surface area (Å²) >= 11 is 0. The third-order valence-corrected chi connectivity index (χ3v) is 6.87. The van der Waals surface area contributed by atoms with Gasteiger partial charge in [-0.1, -0.05) is 6.92 Å². The Morgan fingerprint density at radius 1 is 1.23 bits per heavy atom. The van der Waals surface area contributed by atoms with Gasteiger partial charge in [0.2, 0.25) is 0 Å². The zero-order valence-electron chi connectivity index (χ0n) is 16.5.